The van der Waals surface area contributed by atoms with Gasteiger partial charge in [-0.1, -0.05) is 42.5 Å². The van der Waals surface area contributed by atoms with Gasteiger partial charge in [-0.25, -0.2) is 21.8 Å². The van der Waals surface area contributed by atoms with E-state index in [4.69, 9.17) is 5.73 Å². The molecule has 1 amide bonds. The van der Waals surface area contributed by atoms with Crippen LogP contribution >= 0.6 is 0 Å². The standard InChI is InChI=1S/C28H28N4O7S2/c1-40(36,37)25-6-4-3-5-22(25)19-9-11-21(12-10-19)31-28(35)24(32(17-26(33)34)41(2,38)39)16-18-7-8-20-13-14-30-27(29)23(20)15-18/h3-15,24H,16-17H2,1-2H3,(H2,29,30)(H,31,35)(H,33,34). The van der Waals surface area contributed by atoms with Crippen molar-refractivity contribution < 1.29 is 31.5 Å². The molecular weight excluding hydrogens is 568 g/mol. The molecule has 4 rings (SSSR count). The maximum Gasteiger partial charge on any atom is 0.318 e. The highest BCUT2D eigenvalue weighted by Crippen LogP contribution is 2.29. The van der Waals surface area contributed by atoms with Gasteiger partial charge in [-0.15, -0.1) is 0 Å². The Morgan fingerprint density at radius 2 is 1.66 bits per heavy atom. The number of sulfone groups is 1. The summed E-state index contributed by atoms with van der Waals surface area (Å²) in [4.78, 5) is 29.3. The number of nitrogens with two attached hydrogens (primary N) is 1. The van der Waals surface area contributed by atoms with Gasteiger partial charge < -0.3 is 16.2 Å². The number of nitrogens with zero attached hydrogens (tertiary/aromatic N) is 2. The average Bonchev–Trinajstić information content (AvgIpc) is 2.90. The van der Waals surface area contributed by atoms with Crippen molar-refractivity contribution in [2.45, 2.75) is 17.4 Å². The first kappa shape index (κ1) is 29.6. The molecule has 0 aliphatic rings. The van der Waals surface area contributed by atoms with Crippen molar-refractivity contribution in [3.8, 4) is 11.1 Å². The quantitative estimate of drug-likeness (QED) is 0.248. The lowest BCUT2D eigenvalue weighted by Crippen LogP contribution is -2.50. The predicted molar refractivity (Wildman–Crippen MR) is 156 cm³/mol. The van der Waals surface area contributed by atoms with Crippen LogP contribution in [0.1, 0.15) is 5.56 Å². The number of nitrogen functional groups attached to an aromatic ring is 1. The summed E-state index contributed by atoms with van der Waals surface area (Å²) in [6.45, 7) is -0.921. The molecule has 0 aliphatic heterocycles. The van der Waals surface area contributed by atoms with Gasteiger partial charge in [0.2, 0.25) is 15.9 Å². The minimum Gasteiger partial charge on any atom is -0.480 e. The van der Waals surface area contributed by atoms with Crippen LogP contribution in [-0.2, 0) is 35.9 Å². The van der Waals surface area contributed by atoms with E-state index in [0.717, 1.165) is 17.9 Å². The average molecular weight is 597 g/mol. The molecule has 1 unspecified atom stereocenters. The molecule has 4 aromatic rings. The van der Waals surface area contributed by atoms with Crippen molar-refractivity contribution in [1.82, 2.24) is 9.29 Å². The van der Waals surface area contributed by atoms with E-state index in [1.54, 1.807) is 72.9 Å². The number of carboxylic acids is 1. The molecule has 214 valence electrons. The fraction of sp³-hybridized carbons (Fsp3) is 0.179. The van der Waals surface area contributed by atoms with Gasteiger partial charge in [0, 0.05) is 29.1 Å². The molecule has 4 N–H and O–H groups in total. The molecule has 0 fully saturated rings. The minimum absolute atomic E-state index is 0.143. The molecule has 0 radical (unpaired) electrons. The first-order chi connectivity index (χ1) is 19.2. The molecule has 1 atom stereocenters. The molecule has 0 bridgehead atoms. The van der Waals surface area contributed by atoms with Crippen LogP contribution in [0.2, 0.25) is 0 Å². The summed E-state index contributed by atoms with van der Waals surface area (Å²) in [6, 6.07) is 18.3. The zero-order valence-electron chi connectivity index (χ0n) is 22.2. The number of benzene rings is 3. The van der Waals surface area contributed by atoms with E-state index in [0.29, 0.717) is 32.1 Å². The molecule has 13 heteroatoms. The van der Waals surface area contributed by atoms with Crippen LogP contribution in [0.3, 0.4) is 0 Å². The van der Waals surface area contributed by atoms with Crippen molar-refractivity contribution in [2.24, 2.45) is 0 Å². The van der Waals surface area contributed by atoms with E-state index in [1.165, 1.54) is 6.07 Å². The number of anilines is 2. The smallest absolute Gasteiger partial charge is 0.318 e. The second-order valence-electron chi connectivity index (χ2n) is 9.51. The molecule has 0 saturated carbocycles. The number of hydrogen-bond donors (Lipinski definition) is 3. The van der Waals surface area contributed by atoms with Crippen LogP contribution in [-0.4, -0.2) is 68.2 Å². The number of pyridine rings is 1. The van der Waals surface area contributed by atoms with Crippen molar-refractivity contribution in [1.29, 1.82) is 0 Å². The third kappa shape index (κ3) is 7.06. The summed E-state index contributed by atoms with van der Waals surface area (Å²) in [5, 5.41) is 13.5. The van der Waals surface area contributed by atoms with Crippen molar-refractivity contribution in [2.75, 3.05) is 30.1 Å². The number of rotatable bonds is 10. The highest BCUT2D eigenvalue weighted by atomic mass is 32.2. The molecule has 11 nitrogen and oxygen atoms in total. The maximum absolute atomic E-state index is 13.5. The first-order valence-corrected chi connectivity index (χ1v) is 16.0. The topological polar surface area (TPSA) is 177 Å². The number of aromatic nitrogens is 1. The second kappa shape index (κ2) is 11.6. The fourth-order valence-electron chi connectivity index (χ4n) is 4.49. The number of fused-ring (bicyclic) bond motifs is 1. The van der Waals surface area contributed by atoms with Crippen molar-refractivity contribution in [3.63, 3.8) is 0 Å². The molecule has 0 saturated heterocycles. The zero-order chi connectivity index (χ0) is 29.9. The van der Waals surface area contributed by atoms with E-state index in [-0.39, 0.29) is 17.1 Å². The number of carbonyl (C=O) groups excluding carboxylic acids is 1. The molecule has 0 spiro atoms. The number of hydrogen-bond acceptors (Lipinski definition) is 8. The van der Waals surface area contributed by atoms with E-state index < -0.39 is 44.3 Å². The Morgan fingerprint density at radius 3 is 2.29 bits per heavy atom. The number of amides is 1. The fourth-order valence-corrected chi connectivity index (χ4v) is 6.38. The van der Waals surface area contributed by atoms with Crippen LogP contribution in [0.15, 0.2) is 83.9 Å². The Morgan fingerprint density at radius 1 is 0.976 bits per heavy atom. The number of sulfonamides is 1. The Bertz CT molecular complexity index is 1840. The summed E-state index contributed by atoms with van der Waals surface area (Å²) in [6.07, 6.45) is 3.37. The lowest BCUT2D eigenvalue weighted by molar-refractivity contribution is -0.137. The molecule has 0 aliphatic carbocycles. The Labute approximate surface area is 237 Å². The van der Waals surface area contributed by atoms with Crippen molar-refractivity contribution in [3.05, 3.63) is 84.6 Å². The molecule has 41 heavy (non-hydrogen) atoms. The van der Waals surface area contributed by atoms with Gasteiger partial charge >= 0.3 is 5.97 Å². The van der Waals surface area contributed by atoms with Crippen molar-refractivity contribution >= 4 is 54.0 Å². The molecule has 1 aromatic heterocycles. The third-order valence-corrected chi connectivity index (χ3v) is 8.80. The highest BCUT2D eigenvalue weighted by Gasteiger charge is 2.34. The summed E-state index contributed by atoms with van der Waals surface area (Å²) >= 11 is 0. The van der Waals surface area contributed by atoms with Crippen LogP contribution in [0.4, 0.5) is 11.5 Å². The number of nitrogens with one attached hydrogen (secondary N) is 1. The maximum atomic E-state index is 13.5. The van der Waals surface area contributed by atoms with Crippen LogP contribution in [0, 0.1) is 0 Å². The largest absolute Gasteiger partial charge is 0.480 e. The minimum atomic E-state index is -4.13. The predicted octanol–water partition coefficient (Wildman–Crippen LogP) is 2.78. The first-order valence-electron chi connectivity index (χ1n) is 12.3. The number of carboxylic acid groups (broad SMARTS) is 1. The van der Waals surface area contributed by atoms with Gasteiger partial charge in [0.25, 0.3) is 0 Å². The molecule has 1 heterocycles. The summed E-state index contributed by atoms with van der Waals surface area (Å²) in [5.41, 5.74) is 7.92. The monoisotopic (exact) mass is 596 g/mol. The van der Waals surface area contributed by atoms with E-state index in [9.17, 15) is 31.5 Å². The molecular formula is C28H28N4O7S2. The SMILES string of the molecule is CS(=O)(=O)c1ccccc1-c1ccc(NC(=O)C(Cc2ccc3ccnc(N)c3c2)N(CC(=O)O)S(C)(=O)=O)cc1. The van der Waals surface area contributed by atoms with Gasteiger partial charge in [-0.05, 0) is 53.3 Å². The third-order valence-electron chi connectivity index (χ3n) is 6.41. The highest BCUT2D eigenvalue weighted by molar-refractivity contribution is 7.90. The van der Waals surface area contributed by atoms with E-state index in [1.807, 2.05) is 0 Å². The number of carbonyl (C=O) groups is 2. The lowest BCUT2D eigenvalue weighted by Gasteiger charge is -2.28. The summed E-state index contributed by atoms with van der Waals surface area (Å²) < 4.78 is 50.3. The van der Waals surface area contributed by atoms with Crippen LogP contribution in [0.5, 0.6) is 0 Å². The number of aliphatic carboxylic acids is 1. The zero-order valence-corrected chi connectivity index (χ0v) is 23.8. The van der Waals surface area contributed by atoms with Crippen LogP contribution in [0.25, 0.3) is 21.9 Å². The van der Waals surface area contributed by atoms with E-state index >= 15 is 0 Å². The second-order valence-corrected chi connectivity index (χ2v) is 13.4. The molecule has 3 aromatic carbocycles. The Kier molecular flexibility index (Phi) is 8.42. The summed E-state index contributed by atoms with van der Waals surface area (Å²) in [7, 11) is -7.62. The summed E-state index contributed by atoms with van der Waals surface area (Å²) in [5.74, 6) is -1.91. The van der Waals surface area contributed by atoms with Crippen LogP contribution < -0.4 is 11.1 Å². The van der Waals surface area contributed by atoms with Gasteiger partial charge in [-0.3, -0.25) is 9.59 Å². The van der Waals surface area contributed by atoms with Gasteiger partial charge in [0.05, 0.1) is 11.2 Å². The Balaban J connectivity index is 1.67. The van der Waals surface area contributed by atoms with E-state index in [2.05, 4.69) is 10.3 Å². The Hall–Kier alpha value is -4.33. The normalized spacial score (nSPS) is 12.8. The lowest BCUT2D eigenvalue weighted by atomic mass is 10.0. The van der Waals surface area contributed by atoms with Gasteiger partial charge in [-0.2, -0.15) is 4.31 Å². The van der Waals surface area contributed by atoms with Gasteiger partial charge in [0.15, 0.2) is 9.84 Å². The van der Waals surface area contributed by atoms with Gasteiger partial charge in [0.1, 0.15) is 18.4 Å².